The van der Waals surface area contributed by atoms with E-state index in [0.29, 0.717) is 0 Å². The van der Waals surface area contributed by atoms with Crippen LogP contribution in [0.2, 0.25) is 5.02 Å². The second kappa shape index (κ2) is 4.54. The monoisotopic (exact) mass is 287 g/mol. The summed E-state index contributed by atoms with van der Waals surface area (Å²) in [6.45, 7) is 0.787. The van der Waals surface area contributed by atoms with Crippen molar-refractivity contribution in [2.75, 3.05) is 6.54 Å². The highest BCUT2D eigenvalue weighted by Crippen LogP contribution is 2.25. The molecule has 0 radical (unpaired) electrons. The van der Waals surface area contributed by atoms with Gasteiger partial charge in [-0.1, -0.05) is 27.5 Å². The molecule has 4 heteroatoms. The molecule has 1 aromatic rings. The topological polar surface area (TPSA) is 29.1 Å². The van der Waals surface area contributed by atoms with Crippen molar-refractivity contribution in [3.05, 3.63) is 33.3 Å². The fourth-order valence-corrected chi connectivity index (χ4v) is 2.41. The van der Waals surface area contributed by atoms with Crippen LogP contribution in [0.25, 0.3) is 0 Å². The molecule has 0 bridgehead atoms. The third kappa shape index (κ3) is 2.52. The Morgan fingerprint density at radius 3 is 3.00 bits per heavy atom. The maximum atomic E-state index is 11.4. The quantitative estimate of drug-likeness (QED) is 0.891. The smallest absolute Gasteiger partial charge is 0.223 e. The van der Waals surface area contributed by atoms with Crippen LogP contribution in [0.1, 0.15) is 12.0 Å². The molecule has 1 amide bonds. The van der Waals surface area contributed by atoms with Gasteiger partial charge in [-0.05, 0) is 36.6 Å². The van der Waals surface area contributed by atoms with Crippen LogP contribution in [-0.4, -0.2) is 12.5 Å². The molecule has 2 rings (SSSR count). The van der Waals surface area contributed by atoms with Crippen LogP contribution in [0.15, 0.2) is 22.7 Å². The maximum absolute atomic E-state index is 11.4. The number of hydrogen-bond donors (Lipinski definition) is 1. The molecule has 1 aliphatic rings. The minimum Gasteiger partial charge on any atom is -0.356 e. The van der Waals surface area contributed by atoms with Gasteiger partial charge in [0.15, 0.2) is 0 Å². The van der Waals surface area contributed by atoms with Crippen molar-refractivity contribution in [3.63, 3.8) is 0 Å². The lowest BCUT2D eigenvalue weighted by molar-refractivity contribution is -0.122. The maximum Gasteiger partial charge on any atom is 0.223 e. The molecule has 1 unspecified atom stereocenters. The molecule has 1 atom stereocenters. The van der Waals surface area contributed by atoms with Gasteiger partial charge in [-0.15, -0.1) is 0 Å². The second-order valence-corrected chi connectivity index (χ2v) is 5.04. The summed E-state index contributed by atoms with van der Waals surface area (Å²) >= 11 is 9.47. The van der Waals surface area contributed by atoms with Crippen molar-refractivity contribution in [2.24, 2.45) is 5.92 Å². The van der Waals surface area contributed by atoms with Crippen LogP contribution in [0.3, 0.4) is 0 Å². The number of halogens is 2. The van der Waals surface area contributed by atoms with E-state index in [9.17, 15) is 4.79 Å². The van der Waals surface area contributed by atoms with Crippen molar-refractivity contribution in [3.8, 4) is 0 Å². The predicted molar refractivity (Wildman–Crippen MR) is 64.0 cm³/mol. The Balaban J connectivity index is 2.16. The Hall–Kier alpha value is -0.540. The summed E-state index contributed by atoms with van der Waals surface area (Å²) in [5.74, 6) is 0.225. The Bertz CT molecular complexity index is 394. The van der Waals surface area contributed by atoms with Gasteiger partial charge in [0.1, 0.15) is 0 Å². The van der Waals surface area contributed by atoms with E-state index >= 15 is 0 Å². The van der Waals surface area contributed by atoms with Gasteiger partial charge in [0.2, 0.25) is 5.91 Å². The first-order valence-corrected chi connectivity index (χ1v) is 6.05. The number of rotatable bonds is 2. The zero-order chi connectivity index (χ0) is 10.8. The molecular formula is C11H11BrClNO. The number of amides is 1. The summed E-state index contributed by atoms with van der Waals surface area (Å²) in [7, 11) is 0. The molecule has 0 saturated carbocycles. The van der Waals surface area contributed by atoms with E-state index in [-0.39, 0.29) is 11.8 Å². The average molecular weight is 289 g/mol. The zero-order valence-corrected chi connectivity index (χ0v) is 10.4. The summed E-state index contributed by atoms with van der Waals surface area (Å²) in [5.41, 5.74) is 1.04. The van der Waals surface area contributed by atoms with Crippen molar-refractivity contribution < 1.29 is 4.79 Å². The zero-order valence-electron chi connectivity index (χ0n) is 8.09. The molecule has 15 heavy (non-hydrogen) atoms. The molecule has 1 aliphatic heterocycles. The largest absolute Gasteiger partial charge is 0.356 e. The van der Waals surface area contributed by atoms with Gasteiger partial charge in [-0.2, -0.15) is 0 Å². The summed E-state index contributed by atoms with van der Waals surface area (Å²) in [6.07, 6.45) is 1.63. The molecule has 1 saturated heterocycles. The molecule has 1 aromatic carbocycles. The third-order valence-electron chi connectivity index (χ3n) is 2.64. The van der Waals surface area contributed by atoms with Crippen molar-refractivity contribution in [1.82, 2.24) is 5.32 Å². The first-order valence-electron chi connectivity index (χ1n) is 4.88. The fraction of sp³-hybridized carbons (Fsp3) is 0.364. The highest BCUT2D eigenvalue weighted by Gasteiger charge is 2.24. The van der Waals surface area contributed by atoms with E-state index in [0.717, 1.165) is 34.4 Å². The van der Waals surface area contributed by atoms with Gasteiger partial charge >= 0.3 is 0 Å². The Morgan fingerprint density at radius 2 is 2.33 bits per heavy atom. The van der Waals surface area contributed by atoms with Gasteiger partial charge in [-0.25, -0.2) is 0 Å². The molecular weight excluding hydrogens is 277 g/mol. The lowest BCUT2D eigenvalue weighted by Crippen LogP contribution is -2.20. The SMILES string of the molecule is O=C1NCCC1Cc1cc(Br)ccc1Cl. The van der Waals surface area contributed by atoms with E-state index in [4.69, 9.17) is 11.6 Å². The number of carbonyl (C=O) groups excluding carboxylic acids is 1. The van der Waals surface area contributed by atoms with E-state index in [1.807, 2.05) is 18.2 Å². The molecule has 0 aromatic heterocycles. The average Bonchev–Trinajstić information content (AvgIpc) is 2.58. The second-order valence-electron chi connectivity index (χ2n) is 3.72. The Labute approximate surface area is 102 Å². The van der Waals surface area contributed by atoms with E-state index in [1.54, 1.807) is 0 Å². The van der Waals surface area contributed by atoms with Gasteiger partial charge in [0.05, 0.1) is 0 Å². The van der Waals surface area contributed by atoms with Crippen LogP contribution < -0.4 is 5.32 Å². The number of benzene rings is 1. The van der Waals surface area contributed by atoms with Crippen LogP contribution >= 0.6 is 27.5 Å². The standard InChI is InChI=1S/C11H11BrClNO/c12-9-1-2-10(13)8(6-9)5-7-3-4-14-11(7)15/h1-2,6-7H,3-5H2,(H,14,15). The first kappa shape index (κ1) is 11.0. The summed E-state index contributed by atoms with van der Waals surface area (Å²) < 4.78 is 1.00. The summed E-state index contributed by atoms with van der Waals surface area (Å²) in [6, 6.07) is 5.74. The number of carbonyl (C=O) groups is 1. The van der Waals surface area contributed by atoms with Crippen LogP contribution in [-0.2, 0) is 11.2 Å². The van der Waals surface area contributed by atoms with E-state index < -0.39 is 0 Å². The molecule has 1 N–H and O–H groups in total. The first-order chi connectivity index (χ1) is 7.16. The normalized spacial score (nSPS) is 20.4. The molecule has 0 spiro atoms. The lowest BCUT2D eigenvalue weighted by atomic mass is 9.98. The Morgan fingerprint density at radius 1 is 1.53 bits per heavy atom. The number of nitrogens with one attached hydrogen (secondary N) is 1. The molecule has 80 valence electrons. The fourth-order valence-electron chi connectivity index (χ4n) is 1.80. The highest BCUT2D eigenvalue weighted by molar-refractivity contribution is 9.10. The third-order valence-corrected chi connectivity index (χ3v) is 3.50. The number of hydrogen-bond acceptors (Lipinski definition) is 1. The molecule has 2 nitrogen and oxygen atoms in total. The lowest BCUT2D eigenvalue weighted by Gasteiger charge is -2.08. The van der Waals surface area contributed by atoms with Crippen molar-refractivity contribution in [2.45, 2.75) is 12.8 Å². The minimum absolute atomic E-state index is 0.0804. The van der Waals surface area contributed by atoms with Crippen molar-refractivity contribution >= 4 is 33.4 Å². The minimum atomic E-state index is 0.0804. The highest BCUT2D eigenvalue weighted by atomic mass is 79.9. The van der Waals surface area contributed by atoms with Gasteiger partial charge in [-0.3, -0.25) is 4.79 Å². The van der Waals surface area contributed by atoms with Crippen LogP contribution in [0.4, 0.5) is 0 Å². The Kier molecular flexibility index (Phi) is 3.32. The van der Waals surface area contributed by atoms with Gasteiger partial charge < -0.3 is 5.32 Å². The van der Waals surface area contributed by atoms with Crippen LogP contribution in [0.5, 0.6) is 0 Å². The summed E-state index contributed by atoms with van der Waals surface area (Å²) in [5, 5.41) is 3.56. The van der Waals surface area contributed by atoms with Gasteiger partial charge in [0.25, 0.3) is 0 Å². The molecule has 1 heterocycles. The van der Waals surface area contributed by atoms with Crippen LogP contribution in [0, 0.1) is 5.92 Å². The van der Waals surface area contributed by atoms with Gasteiger partial charge in [0, 0.05) is 22.0 Å². The van der Waals surface area contributed by atoms with Crippen molar-refractivity contribution in [1.29, 1.82) is 0 Å². The van der Waals surface area contributed by atoms with E-state index in [2.05, 4.69) is 21.2 Å². The van der Waals surface area contributed by atoms with E-state index in [1.165, 1.54) is 0 Å². The predicted octanol–water partition coefficient (Wildman–Crippen LogP) is 2.78. The molecule has 0 aliphatic carbocycles. The summed E-state index contributed by atoms with van der Waals surface area (Å²) in [4.78, 5) is 11.4. The molecule has 1 fully saturated rings.